The molecule has 2 N–H and O–H groups in total. The van der Waals surface area contributed by atoms with E-state index in [-0.39, 0.29) is 11.5 Å². The first kappa shape index (κ1) is 8.50. The van der Waals surface area contributed by atoms with E-state index in [1.165, 1.54) is 12.1 Å². The first-order chi connectivity index (χ1) is 6.77. The molecule has 0 aliphatic carbocycles. The zero-order valence-electron chi connectivity index (χ0n) is 7.25. The van der Waals surface area contributed by atoms with Crippen LogP contribution in [0, 0.1) is 0 Å². The Morgan fingerprint density at radius 2 is 1.93 bits per heavy atom. The molecular weight excluding hydrogens is 180 g/mol. The molecule has 0 amide bonds. The van der Waals surface area contributed by atoms with E-state index in [1.807, 2.05) is 0 Å². The van der Waals surface area contributed by atoms with E-state index in [4.69, 9.17) is 5.11 Å². The van der Waals surface area contributed by atoms with E-state index < -0.39 is 0 Å². The van der Waals surface area contributed by atoms with Crippen LogP contribution >= 0.6 is 0 Å². The molecule has 4 nitrogen and oxygen atoms in total. The Morgan fingerprint density at radius 3 is 2.57 bits per heavy atom. The molecule has 1 aromatic heterocycles. The Kier molecular flexibility index (Phi) is 2.02. The van der Waals surface area contributed by atoms with Crippen LogP contribution < -0.4 is 0 Å². The molecule has 70 valence electrons. The summed E-state index contributed by atoms with van der Waals surface area (Å²) in [5.74, 6) is 0.0145. The highest BCUT2D eigenvalue weighted by Gasteiger charge is 2.05. The molecule has 0 aliphatic rings. The molecule has 0 atom stereocenters. The van der Waals surface area contributed by atoms with Gasteiger partial charge < -0.3 is 10.2 Å². The average molecular weight is 188 g/mol. The van der Waals surface area contributed by atoms with Crippen molar-refractivity contribution in [3.63, 3.8) is 0 Å². The van der Waals surface area contributed by atoms with Crippen molar-refractivity contribution in [2.24, 2.45) is 0 Å². The van der Waals surface area contributed by atoms with Gasteiger partial charge in [-0.15, -0.1) is 0 Å². The Morgan fingerprint density at radius 1 is 1.07 bits per heavy atom. The highest BCUT2D eigenvalue weighted by molar-refractivity contribution is 5.66. The minimum absolute atomic E-state index is 0.00880. The molecule has 0 fully saturated rings. The summed E-state index contributed by atoms with van der Waals surface area (Å²) in [6.45, 7) is 0. The summed E-state index contributed by atoms with van der Waals surface area (Å²) in [7, 11) is 0. The van der Waals surface area contributed by atoms with Crippen LogP contribution in [0.1, 0.15) is 0 Å². The predicted molar refractivity (Wildman–Crippen MR) is 50.8 cm³/mol. The number of aromatic hydroxyl groups is 2. The normalized spacial score (nSPS) is 10.0. The molecule has 0 bridgehead atoms. The van der Waals surface area contributed by atoms with Crippen molar-refractivity contribution in [1.82, 2.24) is 9.97 Å². The fourth-order valence-corrected chi connectivity index (χ4v) is 1.17. The zero-order valence-corrected chi connectivity index (χ0v) is 7.25. The second kappa shape index (κ2) is 3.33. The van der Waals surface area contributed by atoms with Crippen LogP contribution in [-0.4, -0.2) is 20.2 Å². The lowest BCUT2D eigenvalue weighted by Crippen LogP contribution is -1.84. The van der Waals surface area contributed by atoms with Crippen LogP contribution in [0.4, 0.5) is 0 Å². The smallest absolute Gasteiger partial charge is 0.128 e. The van der Waals surface area contributed by atoms with Gasteiger partial charge in [0.15, 0.2) is 0 Å². The van der Waals surface area contributed by atoms with Crippen molar-refractivity contribution in [2.45, 2.75) is 0 Å². The largest absolute Gasteiger partial charge is 0.508 e. The quantitative estimate of drug-likeness (QED) is 0.712. The van der Waals surface area contributed by atoms with Gasteiger partial charge in [0.25, 0.3) is 0 Å². The molecule has 2 aromatic rings. The number of aromatic nitrogens is 2. The minimum Gasteiger partial charge on any atom is -0.508 e. The van der Waals surface area contributed by atoms with Gasteiger partial charge in [-0.3, -0.25) is 9.97 Å². The molecule has 0 spiro atoms. The van der Waals surface area contributed by atoms with Crippen molar-refractivity contribution in [3.8, 4) is 22.8 Å². The number of nitrogens with zero attached hydrogens (tertiary/aromatic N) is 2. The maximum atomic E-state index is 9.52. The van der Waals surface area contributed by atoms with Crippen LogP contribution in [-0.2, 0) is 0 Å². The van der Waals surface area contributed by atoms with Gasteiger partial charge >= 0.3 is 0 Å². The standard InChI is InChI=1S/C10H8N2O2/c13-7-1-2-8(10(14)5-7)9-6-11-3-4-12-9/h1-6,13-14H. The molecule has 0 aliphatic heterocycles. The summed E-state index contributed by atoms with van der Waals surface area (Å²) in [5, 5.41) is 18.6. The van der Waals surface area contributed by atoms with E-state index in [0.29, 0.717) is 11.3 Å². The number of rotatable bonds is 1. The summed E-state index contributed by atoms with van der Waals surface area (Å²) in [4.78, 5) is 7.92. The van der Waals surface area contributed by atoms with E-state index in [9.17, 15) is 5.11 Å². The van der Waals surface area contributed by atoms with Crippen molar-refractivity contribution < 1.29 is 10.2 Å². The summed E-state index contributed by atoms with van der Waals surface area (Å²) in [6.07, 6.45) is 4.65. The number of benzene rings is 1. The van der Waals surface area contributed by atoms with Gasteiger partial charge in [0.2, 0.25) is 0 Å². The van der Waals surface area contributed by atoms with Crippen LogP contribution in [0.5, 0.6) is 11.5 Å². The lowest BCUT2D eigenvalue weighted by molar-refractivity contribution is 0.451. The molecule has 0 unspecified atom stereocenters. The zero-order chi connectivity index (χ0) is 9.97. The van der Waals surface area contributed by atoms with Crippen LogP contribution in [0.2, 0.25) is 0 Å². The summed E-state index contributed by atoms with van der Waals surface area (Å²) >= 11 is 0. The van der Waals surface area contributed by atoms with E-state index >= 15 is 0 Å². The number of phenols is 2. The van der Waals surface area contributed by atoms with Crippen molar-refractivity contribution in [2.75, 3.05) is 0 Å². The van der Waals surface area contributed by atoms with Gasteiger partial charge in [0.1, 0.15) is 11.5 Å². The number of phenolic OH excluding ortho intramolecular Hbond substituents is 2. The second-order valence-electron chi connectivity index (χ2n) is 2.79. The number of hydrogen-bond donors (Lipinski definition) is 2. The third-order valence-corrected chi connectivity index (χ3v) is 1.82. The van der Waals surface area contributed by atoms with Crippen molar-refractivity contribution in [1.29, 1.82) is 0 Å². The third kappa shape index (κ3) is 1.50. The average Bonchev–Trinajstić information content (AvgIpc) is 2.19. The van der Waals surface area contributed by atoms with Crippen LogP contribution in [0.25, 0.3) is 11.3 Å². The first-order valence-corrected chi connectivity index (χ1v) is 4.06. The molecule has 14 heavy (non-hydrogen) atoms. The monoisotopic (exact) mass is 188 g/mol. The predicted octanol–water partition coefficient (Wildman–Crippen LogP) is 1.55. The second-order valence-corrected chi connectivity index (χ2v) is 2.79. The van der Waals surface area contributed by atoms with E-state index in [0.717, 1.165) is 0 Å². The highest BCUT2D eigenvalue weighted by atomic mass is 16.3. The molecule has 1 heterocycles. The molecule has 4 heteroatoms. The Labute approximate surface area is 80.5 Å². The van der Waals surface area contributed by atoms with Gasteiger partial charge in [-0.2, -0.15) is 0 Å². The van der Waals surface area contributed by atoms with Gasteiger partial charge in [0.05, 0.1) is 11.9 Å². The van der Waals surface area contributed by atoms with E-state index in [1.54, 1.807) is 24.7 Å². The minimum atomic E-state index is -0.00880. The first-order valence-electron chi connectivity index (χ1n) is 4.06. The molecule has 2 rings (SSSR count). The van der Waals surface area contributed by atoms with Crippen molar-refractivity contribution >= 4 is 0 Å². The van der Waals surface area contributed by atoms with Gasteiger partial charge in [-0.1, -0.05) is 0 Å². The fourth-order valence-electron chi connectivity index (χ4n) is 1.17. The Hall–Kier alpha value is -2.10. The maximum absolute atomic E-state index is 9.52. The van der Waals surface area contributed by atoms with Gasteiger partial charge in [0, 0.05) is 24.0 Å². The SMILES string of the molecule is Oc1ccc(-c2cnccn2)c(O)c1. The number of hydrogen-bond acceptors (Lipinski definition) is 4. The van der Waals surface area contributed by atoms with Crippen molar-refractivity contribution in [3.05, 3.63) is 36.8 Å². The summed E-state index contributed by atoms with van der Waals surface area (Å²) < 4.78 is 0. The van der Waals surface area contributed by atoms with Crippen LogP contribution in [0.3, 0.4) is 0 Å². The maximum Gasteiger partial charge on any atom is 0.128 e. The molecule has 0 radical (unpaired) electrons. The van der Waals surface area contributed by atoms with Gasteiger partial charge in [-0.05, 0) is 12.1 Å². The van der Waals surface area contributed by atoms with E-state index in [2.05, 4.69) is 9.97 Å². The summed E-state index contributed by atoms with van der Waals surface area (Å²) in [5.41, 5.74) is 1.13. The Balaban J connectivity index is 2.53. The lowest BCUT2D eigenvalue weighted by atomic mass is 10.1. The van der Waals surface area contributed by atoms with Crippen LogP contribution in [0.15, 0.2) is 36.8 Å². The molecule has 0 saturated carbocycles. The lowest BCUT2D eigenvalue weighted by Gasteiger charge is -2.02. The van der Waals surface area contributed by atoms with Gasteiger partial charge in [-0.25, -0.2) is 0 Å². The highest BCUT2D eigenvalue weighted by Crippen LogP contribution is 2.29. The molecule has 1 aromatic carbocycles. The fraction of sp³-hybridized carbons (Fsp3) is 0. The molecular formula is C10H8N2O2. The Bertz CT molecular complexity index is 443. The third-order valence-electron chi connectivity index (χ3n) is 1.82. The molecule has 0 saturated heterocycles. The topological polar surface area (TPSA) is 66.2 Å². The summed E-state index contributed by atoms with van der Waals surface area (Å²) in [6, 6.07) is 4.35.